The van der Waals surface area contributed by atoms with Crippen LogP contribution in [-0.4, -0.2) is 34.1 Å². The number of rotatable bonds is 4. The van der Waals surface area contributed by atoms with Gasteiger partial charge in [0.1, 0.15) is 11.5 Å². The molecule has 0 bridgehead atoms. The first-order valence-electron chi connectivity index (χ1n) is 8.97. The van der Waals surface area contributed by atoms with Gasteiger partial charge in [-0.1, -0.05) is 23.7 Å². The van der Waals surface area contributed by atoms with Gasteiger partial charge in [0.05, 0.1) is 21.2 Å². The summed E-state index contributed by atoms with van der Waals surface area (Å²) in [5, 5.41) is 10.1. The van der Waals surface area contributed by atoms with Crippen molar-refractivity contribution in [2.45, 2.75) is 0 Å². The van der Waals surface area contributed by atoms with Crippen molar-refractivity contribution in [3.05, 3.63) is 80.3 Å². The summed E-state index contributed by atoms with van der Waals surface area (Å²) in [4.78, 5) is 30.1. The fraction of sp³-hybridized carbons (Fsp3) is 0.0455. The van der Waals surface area contributed by atoms with Crippen LogP contribution in [0.15, 0.2) is 73.4 Å². The van der Waals surface area contributed by atoms with Gasteiger partial charge in [0, 0.05) is 23.2 Å². The van der Waals surface area contributed by atoms with E-state index in [2.05, 4.69) is 20.9 Å². The standard InChI is InChI=1S/C22H14BrClN2O4S/c1-26-20(27)19(31-22(26)25-14-6-8-16(23)17(24)10-14)11-15-7-9-18(30-15)12-2-4-13(5-3-12)21(28)29/h2-11H,1H3,(H,28,29)/b19-11-,25-22?. The number of carboxylic acids is 1. The van der Waals surface area contributed by atoms with Crippen molar-refractivity contribution in [1.82, 2.24) is 4.90 Å². The Morgan fingerprint density at radius 3 is 2.61 bits per heavy atom. The highest BCUT2D eigenvalue weighted by atomic mass is 79.9. The van der Waals surface area contributed by atoms with Gasteiger partial charge in [0.2, 0.25) is 0 Å². The molecule has 1 aliphatic heterocycles. The van der Waals surface area contributed by atoms with Crippen LogP contribution in [0.2, 0.25) is 5.02 Å². The summed E-state index contributed by atoms with van der Waals surface area (Å²) in [5.74, 6) is -0.0867. The Bertz CT molecular complexity index is 1250. The Kier molecular flexibility index (Phi) is 6.04. The summed E-state index contributed by atoms with van der Waals surface area (Å²) in [6.45, 7) is 0. The molecule has 1 amide bonds. The van der Waals surface area contributed by atoms with E-state index in [0.29, 0.717) is 32.3 Å². The fourth-order valence-electron chi connectivity index (χ4n) is 2.81. The van der Waals surface area contributed by atoms with Crippen molar-refractivity contribution in [2.75, 3.05) is 7.05 Å². The molecule has 1 aromatic heterocycles. The minimum atomic E-state index is -0.986. The van der Waals surface area contributed by atoms with E-state index in [9.17, 15) is 9.59 Å². The van der Waals surface area contributed by atoms with E-state index in [1.165, 1.54) is 28.8 Å². The molecule has 156 valence electrons. The van der Waals surface area contributed by atoms with Crippen LogP contribution in [0.1, 0.15) is 16.1 Å². The molecular weight excluding hydrogens is 504 g/mol. The van der Waals surface area contributed by atoms with Crippen LogP contribution >= 0.6 is 39.3 Å². The third kappa shape index (κ3) is 4.61. The molecule has 3 aromatic rings. The van der Waals surface area contributed by atoms with Gasteiger partial charge in [0.25, 0.3) is 5.91 Å². The van der Waals surface area contributed by atoms with Crippen LogP contribution in [0.3, 0.4) is 0 Å². The summed E-state index contributed by atoms with van der Waals surface area (Å²) in [7, 11) is 1.66. The number of thioether (sulfide) groups is 1. The molecule has 2 aromatic carbocycles. The molecule has 1 N–H and O–H groups in total. The van der Waals surface area contributed by atoms with Crippen molar-refractivity contribution in [1.29, 1.82) is 0 Å². The number of carboxylic acid groups (broad SMARTS) is 1. The Hall–Kier alpha value is -2.81. The molecule has 1 fully saturated rings. The molecule has 0 aliphatic carbocycles. The van der Waals surface area contributed by atoms with E-state index in [-0.39, 0.29) is 11.5 Å². The molecule has 31 heavy (non-hydrogen) atoms. The average molecular weight is 518 g/mol. The van der Waals surface area contributed by atoms with Crippen LogP contribution in [0.5, 0.6) is 0 Å². The van der Waals surface area contributed by atoms with E-state index in [1.807, 2.05) is 0 Å². The zero-order valence-corrected chi connectivity index (χ0v) is 19.2. The smallest absolute Gasteiger partial charge is 0.335 e. The molecule has 0 radical (unpaired) electrons. The van der Waals surface area contributed by atoms with Crippen LogP contribution < -0.4 is 0 Å². The number of carbonyl (C=O) groups excluding carboxylic acids is 1. The highest BCUT2D eigenvalue weighted by Crippen LogP contribution is 2.35. The van der Waals surface area contributed by atoms with Crippen molar-refractivity contribution in [3.8, 4) is 11.3 Å². The van der Waals surface area contributed by atoms with Gasteiger partial charge in [-0.25, -0.2) is 9.79 Å². The topological polar surface area (TPSA) is 83.1 Å². The highest BCUT2D eigenvalue weighted by Gasteiger charge is 2.30. The maximum atomic E-state index is 12.6. The second-order valence-electron chi connectivity index (χ2n) is 6.55. The van der Waals surface area contributed by atoms with E-state index >= 15 is 0 Å². The molecular formula is C22H14BrClN2O4S. The number of amidine groups is 1. The third-order valence-electron chi connectivity index (χ3n) is 4.45. The number of aromatic carboxylic acids is 1. The number of furan rings is 1. The predicted octanol–water partition coefficient (Wildman–Crippen LogP) is 6.29. The lowest BCUT2D eigenvalue weighted by Crippen LogP contribution is -2.23. The van der Waals surface area contributed by atoms with Gasteiger partial charge in [-0.3, -0.25) is 9.69 Å². The molecule has 4 rings (SSSR count). The lowest BCUT2D eigenvalue weighted by atomic mass is 10.1. The summed E-state index contributed by atoms with van der Waals surface area (Å²) in [6, 6.07) is 15.2. The minimum Gasteiger partial charge on any atom is -0.478 e. The maximum Gasteiger partial charge on any atom is 0.335 e. The largest absolute Gasteiger partial charge is 0.478 e. The lowest BCUT2D eigenvalue weighted by molar-refractivity contribution is -0.121. The molecule has 0 spiro atoms. The number of likely N-dealkylation sites (N-methyl/N-ethyl adjacent to an activating group) is 1. The molecule has 6 nitrogen and oxygen atoms in total. The second-order valence-corrected chi connectivity index (χ2v) is 8.82. The quantitative estimate of drug-likeness (QED) is 0.411. The monoisotopic (exact) mass is 516 g/mol. The van der Waals surface area contributed by atoms with Gasteiger partial charge in [0.15, 0.2) is 5.17 Å². The molecule has 0 atom stereocenters. The third-order valence-corrected chi connectivity index (χ3v) is 6.74. The SMILES string of the molecule is CN1C(=O)/C(=C/c2ccc(-c3ccc(C(=O)O)cc3)o2)SC1=Nc1ccc(Br)c(Cl)c1. The number of nitrogens with zero attached hydrogens (tertiary/aromatic N) is 2. The van der Waals surface area contributed by atoms with Crippen molar-refractivity contribution >= 4 is 68.1 Å². The number of aliphatic imine (C=N–C) groups is 1. The zero-order chi connectivity index (χ0) is 22.1. The number of benzene rings is 2. The second kappa shape index (κ2) is 8.74. The van der Waals surface area contributed by atoms with E-state index in [4.69, 9.17) is 21.1 Å². The van der Waals surface area contributed by atoms with Crippen LogP contribution in [0, 0.1) is 0 Å². The van der Waals surface area contributed by atoms with Crippen LogP contribution in [-0.2, 0) is 4.79 Å². The average Bonchev–Trinajstić information content (AvgIpc) is 3.32. The van der Waals surface area contributed by atoms with Crippen molar-refractivity contribution < 1.29 is 19.1 Å². The Balaban J connectivity index is 1.56. The van der Waals surface area contributed by atoms with E-state index in [1.54, 1.807) is 55.6 Å². The summed E-state index contributed by atoms with van der Waals surface area (Å²) in [5.41, 5.74) is 1.58. The number of carbonyl (C=O) groups is 2. The minimum absolute atomic E-state index is 0.185. The first kappa shape index (κ1) is 21.4. The summed E-state index contributed by atoms with van der Waals surface area (Å²) < 4.78 is 6.60. The predicted molar refractivity (Wildman–Crippen MR) is 126 cm³/mol. The van der Waals surface area contributed by atoms with E-state index < -0.39 is 5.97 Å². The molecule has 9 heteroatoms. The number of hydrogen-bond acceptors (Lipinski definition) is 5. The fourth-order valence-corrected chi connectivity index (χ4v) is 4.20. The number of amides is 1. The van der Waals surface area contributed by atoms with E-state index in [0.717, 1.165) is 10.0 Å². The number of hydrogen-bond donors (Lipinski definition) is 1. The summed E-state index contributed by atoms with van der Waals surface area (Å²) in [6.07, 6.45) is 1.66. The normalized spacial score (nSPS) is 16.5. The Morgan fingerprint density at radius 1 is 1.19 bits per heavy atom. The van der Waals surface area contributed by atoms with Crippen LogP contribution in [0.4, 0.5) is 5.69 Å². The van der Waals surface area contributed by atoms with Gasteiger partial charge < -0.3 is 9.52 Å². The summed E-state index contributed by atoms with van der Waals surface area (Å²) >= 11 is 10.7. The molecule has 0 saturated carbocycles. The highest BCUT2D eigenvalue weighted by molar-refractivity contribution is 9.10. The zero-order valence-electron chi connectivity index (χ0n) is 16.0. The van der Waals surface area contributed by atoms with Gasteiger partial charge in [-0.2, -0.15) is 0 Å². The van der Waals surface area contributed by atoms with Crippen molar-refractivity contribution in [3.63, 3.8) is 0 Å². The molecule has 1 saturated heterocycles. The maximum absolute atomic E-state index is 12.6. The Morgan fingerprint density at radius 2 is 1.94 bits per heavy atom. The van der Waals surface area contributed by atoms with Gasteiger partial charge >= 0.3 is 5.97 Å². The van der Waals surface area contributed by atoms with Crippen molar-refractivity contribution in [2.24, 2.45) is 4.99 Å². The Labute approximate surface area is 195 Å². The van der Waals surface area contributed by atoms with Gasteiger partial charge in [-0.15, -0.1) is 0 Å². The lowest BCUT2D eigenvalue weighted by Gasteiger charge is -2.07. The molecule has 1 aliphatic rings. The van der Waals surface area contributed by atoms with Gasteiger partial charge in [-0.05, 0) is 70.2 Å². The first-order valence-corrected chi connectivity index (χ1v) is 11.0. The van der Waals surface area contributed by atoms with Crippen LogP contribution in [0.25, 0.3) is 17.4 Å². The first-order chi connectivity index (χ1) is 14.8. The molecule has 0 unspecified atom stereocenters. The molecule has 2 heterocycles. The number of halogens is 2.